The summed E-state index contributed by atoms with van der Waals surface area (Å²) in [6.07, 6.45) is 5.32. The highest BCUT2D eigenvalue weighted by molar-refractivity contribution is 7.89. The Morgan fingerprint density at radius 2 is 2.05 bits per heavy atom. The number of aryl methyl sites for hydroxylation is 1. The van der Waals surface area contributed by atoms with Crippen LogP contribution < -0.4 is 15.3 Å². The van der Waals surface area contributed by atoms with Crippen LogP contribution in [-0.2, 0) is 21.3 Å². The van der Waals surface area contributed by atoms with E-state index in [9.17, 15) is 13.2 Å². The number of pyridine rings is 1. The molecule has 2 saturated heterocycles. The van der Waals surface area contributed by atoms with Crippen molar-refractivity contribution in [1.29, 1.82) is 0 Å². The molecule has 3 aromatic heterocycles. The maximum absolute atomic E-state index is 13.5. The number of primary sulfonamides is 1. The Morgan fingerprint density at radius 3 is 2.74 bits per heavy atom. The summed E-state index contributed by atoms with van der Waals surface area (Å²) in [6.45, 7) is 6.81. The highest BCUT2D eigenvalue weighted by atomic mass is 35.5. The Balaban J connectivity index is 1.40. The molecule has 204 valence electrons. The van der Waals surface area contributed by atoms with Crippen molar-refractivity contribution >= 4 is 32.6 Å². The molecule has 7 rings (SSSR count). The number of fused-ring (bicyclic) bond motifs is 2. The van der Waals surface area contributed by atoms with Gasteiger partial charge in [-0.1, -0.05) is 11.6 Å². The summed E-state index contributed by atoms with van der Waals surface area (Å²) in [5.74, 6) is 0.356. The van der Waals surface area contributed by atoms with E-state index in [1.54, 1.807) is 26.1 Å². The molecule has 0 amide bonds. The summed E-state index contributed by atoms with van der Waals surface area (Å²) in [4.78, 5) is 17.3. The molecule has 0 radical (unpaired) electrons. The van der Waals surface area contributed by atoms with Crippen LogP contribution in [0, 0.1) is 19.3 Å². The lowest BCUT2D eigenvalue weighted by molar-refractivity contribution is 0.104. The number of benzene rings is 1. The second kappa shape index (κ2) is 9.16. The van der Waals surface area contributed by atoms with Gasteiger partial charge in [-0.15, -0.1) is 0 Å². The average Bonchev–Trinajstić information content (AvgIpc) is 3.58. The van der Waals surface area contributed by atoms with Gasteiger partial charge in [0.2, 0.25) is 5.03 Å². The number of ether oxygens (including phenoxy) is 2. The number of hydrogen-bond acceptors (Lipinski definition) is 8. The molecule has 1 saturated carbocycles. The lowest BCUT2D eigenvalue weighted by atomic mass is 9.70. The van der Waals surface area contributed by atoms with Gasteiger partial charge in [0.15, 0.2) is 11.2 Å². The molecule has 2 aliphatic heterocycles. The third-order valence-electron chi connectivity index (χ3n) is 7.53. The van der Waals surface area contributed by atoms with Crippen LogP contribution >= 0.6 is 11.6 Å². The third kappa shape index (κ3) is 4.63. The largest absolute Gasteiger partial charge is 0.483 e. The molecular weight excluding hydrogens is 544 g/mol. The second-order valence-electron chi connectivity index (χ2n) is 10.6. The fourth-order valence-electron chi connectivity index (χ4n) is 5.62. The molecule has 10 nitrogen and oxygen atoms in total. The van der Waals surface area contributed by atoms with E-state index in [1.165, 1.54) is 12.1 Å². The maximum Gasteiger partial charge on any atom is 0.259 e. The normalized spacial score (nSPS) is 21.2. The first-order valence-electron chi connectivity index (χ1n) is 12.5. The van der Waals surface area contributed by atoms with E-state index >= 15 is 0 Å². The predicted molar refractivity (Wildman–Crippen MR) is 144 cm³/mol. The average molecular weight is 571 g/mol. The molecule has 2 bridgehead atoms. The van der Waals surface area contributed by atoms with Crippen LogP contribution in [0.25, 0.3) is 22.3 Å². The Bertz CT molecular complexity index is 1790. The van der Waals surface area contributed by atoms with Crippen LogP contribution in [0.2, 0.25) is 5.15 Å². The van der Waals surface area contributed by atoms with Crippen LogP contribution in [-0.4, -0.2) is 35.9 Å². The molecule has 0 unspecified atom stereocenters. The van der Waals surface area contributed by atoms with Gasteiger partial charge in [0.25, 0.3) is 10.0 Å². The summed E-state index contributed by atoms with van der Waals surface area (Å²) in [7, 11) is -4.21. The van der Waals surface area contributed by atoms with E-state index in [0.29, 0.717) is 39.5 Å². The Kier molecular flexibility index (Phi) is 6.10. The van der Waals surface area contributed by atoms with Crippen LogP contribution in [0.4, 0.5) is 0 Å². The Labute approximate surface area is 229 Å². The fraction of sp³-hybridized carbons (Fsp3) is 0.370. The summed E-state index contributed by atoms with van der Waals surface area (Å²) in [5, 5.41) is 9.75. The van der Waals surface area contributed by atoms with Gasteiger partial charge in [-0.2, -0.15) is 5.10 Å². The van der Waals surface area contributed by atoms with Crippen molar-refractivity contribution in [3.05, 3.63) is 68.7 Å². The van der Waals surface area contributed by atoms with Gasteiger partial charge >= 0.3 is 0 Å². The van der Waals surface area contributed by atoms with E-state index in [1.807, 2.05) is 23.9 Å². The predicted octanol–water partition coefficient (Wildman–Crippen LogP) is 4.29. The number of nitrogens with two attached hydrogens (primary N) is 1. The standard InChI is InChI=1S/C27H27ClN4O6S/c1-14-6-19(16(3)37-21-4-5-22(28)31-26(21)39(29,34)35)25-20(7-14)23(33)15(2)24(38-25)17-10-30-32(11-17)12-27-8-18(9-27)36-13-27/h4-7,10-11,16,18H,8-9,12-13H2,1-3H3,(H2,29,34,35)/t16-,18?,27?/m1/s1. The number of halogens is 1. The minimum Gasteiger partial charge on any atom is -0.483 e. The van der Waals surface area contributed by atoms with Crippen molar-refractivity contribution in [3.63, 3.8) is 0 Å². The van der Waals surface area contributed by atoms with Crippen molar-refractivity contribution in [1.82, 2.24) is 14.8 Å². The zero-order chi connectivity index (χ0) is 27.7. The topological polar surface area (TPSA) is 140 Å². The summed E-state index contributed by atoms with van der Waals surface area (Å²) in [6, 6.07) is 6.41. The number of rotatable bonds is 7. The van der Waals surface area contributed by atoms with Crippen LogP contribution in [0.15, 0.2) is 50.9 Å². The van der Waals surface area contributed by atoms with Gasteiger partial charge in [-0.3, -0.25) is 9.48 Å². The number of hydrogen-bond donors (Lipinski definition) is 1. The van der Waals surface area contributed by atoms with Gasteiger partial charge in [0.1, 0.15) is 22.6 Å². The number of sulfonamides is 1. The minimum absolute atomic E-state index is 0.0381. The highest BCUT2D eigenvalue weighted by Crippen LogP contribution is 2.51. The summed E-state index contributed by atoms with van der Waals surface area (Å²) in [5.41, 5.74) is 2.85. The highest BCUT2D eigenvalue weighted by Gasteiger charge is 2.52. The quantitative estimate of drug-likeness (QED) is 0.325. The number of nitrogens with zero attached hydrogens (tertiary/aromatic N) is 3. The fourth-order valence-corrected chi connectivity index (χ4v) is 6.44. The SMILES string of the molecule is Cc1cc([C@@H](C)Oc2ccc(Cl)nc2S(N)(=O)=O)c2oc(-c3cnn(CC45COC(C4)C5)c3)c(C)c(=O)c2c1. The van der Waals surface area contributed by atoms with Crippen LogP contribution in [0.3, 0.4) is 0 Å². The van der Waals surface area contributed by atoms with Crippen LogP contribution in [0.5, 0.6) is 5.75 Å². The van der Waals surface area contributed by atoms with Crippen molar-refractivity contribution in [3.8, 4) is 17.1 Å². The van der Waals surface area contributed by atoms with E-state index < -0.39 is 21.2 Å². The third-order valence-corrected chi connectivity index (χ3v) is 8.58. The molecular formula is C27H27ClN4O6S. The van der Waals surface area contributed by atoms with E-state index in [2.05, 4.69) is 10.1 Å². The second-order valence-corrected chi connectivity index (χ2v) is 12.5. The molecule has 2 N–H and O–H groups in total. The van der Waals surface area contributed by atoms with Crippen LogP contribution in [0.1, 0.15) is 42.6 Å². The van der Waals surface area contributed by atoms with E-state index in [-0.39, 0.29) is 21.7 Å². The first-order valence-corrected chi connectivity index (χ1v) is 14.4. The summed E-state index contributed by atoms with van der Waals surface area (Å²) >= 11 is 5.89. The zero-order valence-corrected chi connectivity index (χ0v) is 23.2. The Morgan fingerprint density at radius 1 is 1.28 bits per heavy atom. The molecule has 5 heterocycles. The first kappa shape index (κ1) is 26.0. The van der Waals surface area contributed by atoms with E-state index in [0.717, 1.165) is 31.6 Å². The molecule has 3 fully saturated rings. The van der Waals surface area contributed by atoms with Gasteiger partial charge in [-0.25, -0.2) is 18.5 Å². The molecule has 39 heavy (non-hydrogen) atoms. The van der Waals surface area contributed by atoms with Gasteiger partial charge in [0.05, 0.1) is 29.9 Å². The van der Waals surface area contributed by atoms with Crippen molar-refractivity contribution in [2.24, 2.45) is 10.6 Å². The molecule has 12 heteroatoms. The molecule has 1 atom stereocenters. The monoisotopic (exact) mass is 570 g/mol. The van der Waals surface area contributed by atoms with Crippen molar-refractivity contribution < 1.29 is 22.3 Å². The van der Waals surface area contributed by atoms with Gasteiger partial charge < -0.3 is 13.9 Å². The molecule has 3 aliphatic rings. The van der Waals surface area contributed by atoms with E-state index in [4.69, 9.17) is 30.6 Å². The lowest BCUT2D eigenvalue weighted by Crippen LogP contribution is -2.36. The Hall–Kier alpha value is -3.25. The number of aromatic nitrogens is 3. The maximum atomic E-state index is 13.5. The van der Waals surface area contributed by atoms with Gasteiger partial charge in [0, 0.05) is 29.3 Å². The molecule has 4 aromatic rings. The molecule has 0 spiro atoms. The first-order chi connectivity index (χ1) is 18.4. The van der Waals surface area contributed by atoms with Crippen molar-refractivity contribution in [2.45, 2.75) is 57.4 Å². The minimum atomic E-state index is -4.21. The lowest BCUT2D eigenvalue weighted by Gasteiger charge is -2.34. The zero-order valence-electron chi connectivity index (χ0n) is 21.6. The smallest absolute Gasteiger partial charge is 0.259 e. The molecule has 1 aromatic carbocycles. The van der Waals surface area contributed by atoms with Crippen molar-refractivity contribution in [2.75, 3.05) is 6.61 Å². The van der Waals surface area contributed by atoms with Gasteiger partial charge in [-0.05, 0) is 63.4 Å². The molecule has 1 aliphatic carbocycles. The summed E-state index contributed by atoms with van der Waals surface area (Å²) < 4.78 is 44.3.